The largest absolute Gasteiger partial charge is 0.493 e. The zero-order valence-corrected chi connectivity index (χ0v) is 18.8. The average molecular weight is 417 g/mol. The first-order valence-electron chi connectivity index (χ1n) is 10.2. The van der Waals surface area contributed by atoms with Gasteiger partial charge >= 0.3 is 0 Å². The van der Waals surface area contributed by atoms with Crippen molar-refractivity contribution in [1.82, 2.24) is 19.6 Å². The Bertz CT molecular complexity index is 901. The van der Waals surface area contributed by atoms with Crippen molar-refractivity contribution < 1.29 is 19.0 Å². The normalized spacial score (nSPS) is 14.7. The third kappa shape index (κ3) is 4.38. The van der Waals surface area contributed by atoms with Crippen LogP contribution in [0.5, 0.6) is 17.2 Å². The molecule has 0 radical (unpaired) electrons. The molecular weight excluding hydrogens is 384 g/mol. The number of nitrogens with zero attached hydrogens (tertiary/aromatic N) is 4. The van der Waals surface area contributed by atoms with E-state index in [9.17, 15) is 4.79 Å². The van der Waals surface area contributed by atoms with Crippen molar-refractivity contribution in [2.45, 2.75) is 26.8 Å². The van der Waals surface area contributed by atoms with Crippen LogP contribution in [0.15, 0.2) is 12.1 Å². The number of amides is 1. The van der Waals surface area contributed by atoms with Crippen LogP contribution in [0.25, 0.3) is 0 Å². The van der Waals surface area contributed by atoms with Gasteiger partial charge in [0.05, 0.1) is 33.4 Å². The van der Waals surface area contributed by atoms with E-state index < -0.39 is 0 Å². The number of hydrogen-bond donors (Lipinski definition) is 0. The minimum atomic E-state index is 0.164. The first-order chi connectivity index (χ1) is 14.4. The van der Waals surface area contributed by atoms with Gasteiger partial charge in [0.15, 0.2) is 11.5 Å². The molecule has 2 aromatic rings. The second-order valence-electron chi connectivity index (χ2n) is 7.60. The number of ether oxygens (including phenoxy) is 3. The zero-order valence-electron chi connectivity index (χ0n) is 18.8. The fourth-order valence-electron chi connectivity index (χ4n) is 4.02. The van der Waals surface area contributed by atoms with E-state index >= 15 is 0 Å². The molecule has 8 heteroatoms. The van der Waals surface area contributed by atoms with Crippen LogP contribution < -0.4 is 14.2 Å². The lowest BCUT2D eigenvalue weighted by molar-refractivity contribution is -0.132. The molecule has 0 spiro atoms. The summed E-state index contributed by atoms with van der Waals surface area (Å²) in [6.07, 6.45) is 0.412. The van der Waals surface area contributed by atoms with Gasteiger partial charge < -0.3 is 19.1 Å². The van der Waals surface area contributed by atoms with Crippen LogP contribution in [0.3, 0.4) is 0 Å². The lowest BCUT2D eigenvalue weighted by atomic mass is 10.1. The Kier molecular flexibility index (Phi) is 6.87. The van der Waals surface area contributed by atoms with E-state index in [0.29, 0.717) is 36.8 Å². The van der Waals surface area contributed by atoms with Crippen molar-refractivity contribution in [3.8, 4) is 17.2 Å². The minimum absolute atomic E-state index is 0.164. The van der Waals surface area contributed by atoms with E-state index in [2.05, 4.69) is 10.00 Å². The van der Waals surface area contributed by atoms with Gasteiger partial charge in [-0.3, -0.25) is 14.4 Å². The SMILES string of the molecule is COc1ccc(CN2CCN(C(=O)Cc3c(C)nn(C)c3C)CC2)c(OC)c1OC. The molecule has 164 valence electrons. The number of carbonyl (C=O) groups excluding carboxylic acids is 1. The second-order valence-corrected chi connectivity index (χ2v) is 7.60. The Morgan fingerprint density at radius 1 is 1.00 bits per heavy atom. The summed E-state index contributed by atoms with van der Waals surface area (Å²) in [6.45, 7) is 7.76. The standard InChI is InChI=1S/C22H32N4O4/c1-15-18(16(2)24(3)23-15)13-20(27)26-11-9-25(10-12-26)14-17-7-8-19(28-4)22(30-6)21(17)29-5/h7-8H,9-14H2,1-6H3. The van der Waals surface area contributed by atoms with Gasteiger partial charge in [-0.2, -0.15) is 5.10 Å². The summed E-state index contributed by atoms with van der Waals surface area (Å²) in [5, 5.41) is 4.42. The highest BCUT2D eigenvalue weighted by molar-refractivity contribution is 5.79. The van der Waals surface area contributed by atoms with Crippen LogP contribution in [0, 0.1) is 13.8 Å². The number of methoxy groups -OCH3 is 3. The van der Waals surface area contributed by atoms with Gasteiger partial charge in [-0.05, 0) is 19.9 Å². The molecule has 1 aliphatic rings. The van der Waals surface area contributed by atoms with Gasteiger partial charge in [-0.1, -0.05) is 6.07 Å². The first kappa shape index (κ1) is 22.0. The summed E-state index contributed by atoms with van der Waals surface area (Å²) < 4.78 is 18.3. The predicted octanol–water partition coefficient (Wildman–Crippen LogP) is 1.95. The van der Waals surface area contributed by atoms with Crippen LogP contribution in [-0.4, -0.2) is 73.0 Å². The fraction of sp³-hybridized carbons (Fsp3) is 0.545. The van der Waals surface area contributed by atoms with Gasteiger partial charge in [0.2, 0.25) is 11.7 Å². The van der Waals surface area contributed by atoms with Gasteiger partial charge in [0, 0.05) is 56.6 Å². The van der Waals surface area contributed by atoms with E-state index in [0.717, 1.165) is 42.1 Å². The highest BCUT2D eigenvalue weighted by Gasteiger charge is 2.25. The molecule has 2 heterocycles. The molecule has 0 unspecified atom stereocenters. The lowest BCUT2D eigenvalue weighted by Crippen LogP contribution is -2.48. The number of aromatic nitrogens is 2. The smallest absolute Gasteiger partial charge is 0.227 e. The monoisotopic (exact) mass is 416 g/mol. The quantitative estimate of drug-likeness (QED) is 0.687. The molecule has 1 saturated heterocycles. The maximum Gasteiger partial charge on any atom is 0.227 e. The van der Waals surface area contributed by atoms with Crippen LogP contribution >= 0.6 is 0 Å². The number of hydrogen-bond acceptors (Lipinski definition) is 6. The Morgan fingerprint density at radius 2 is 1.67 bits per heavy atom. The van der Waals surface area contributed by atoms with Gasteiger partial charge in [0.25, 0.3) is 0 Å². The summed E-state index contributed by atoms with van der Waals surface area (Å²) in [4.78, 5) is 17.1. The highest BCUT2D eigenvalue weighted by atomic mass is 16.5. The third-order valence-electron chi connectivity index (χ3n) is 5.89. The van der Waals surface area contributed by atoms with Crippen molar-refractivity contribution in [2.75, 3.05) is 47.5 Å². The summed E-state index contributed by atoms with van der Waals surface area (Å²) in [5.74, 6) is 2.11. The van der Waals surface area contributed by atoms with Crippen LogP contribution in [0.1, 0.15) is 22.5 Å². The number of carbonyl (C=O) groups is 1. The van der Waals surface area contributed by atoms with E-state index in [1.807, 2.05) is 42.6 Å². The van der Waals surface area contributed by atoms with Gasteiger partial charge in [0.1, 0.15) is 0 Å². The number of aryl methyl sites for hydroxylation is 2. The van der Waals surface area contributed by atoms with Crippen molar-refractivity contribution >= 4 is 5.91 Å². The molecule has 1 aliphatic heterocycles. The maximum atomic E-state index is 12.8. The third-order valence-corrected chi connectivity index (χ3v) is 5.89. The molecule has 0 aliphatic carbocycles. The highest BCUT2D eigenvalue weighted by Crippen LogP contribution is 2.40. The Balaban J connectivity index is 1.61. The molecule has 0 N–H and O–H groups in total. The predicted molar refractivity (Wildman–Crippen MR) is 114 cm³/mol. The summed E-state index contributed by atoms with van der Waals surface area (Å²) in [7, 11) is 6.78. The number of benzene rings is 1. The van der Waals surface area contributed by atoms with Crippen molar-refractivity contribution in [3.05, 3.63) is 34.6 Å². The Morgan fingerprint density at radius 3 is 2.20 bits per heavy atom. The lowest BCUT2D eigenvalue weighted by Gasteiger charge is -2.35. The molecule has 0 atom stereocenters. The van der Waals surface area contributed by atoms with Crippen molar-refractivity contribution in [1.29, 1.82) is 0 Å². The van der Waals surface area contributed by atoms with Gasteiger partial charge in [-0.25, -0.2) is 0 Å². The van der Waals surface area contributed by atoms with Crippen molar-refractivity contribution in [3.63, 3.8) is 0 Å². The number of rotatable bonds is 7. The molecule has 1 aromatic heterocycles. The molecule has 1 aromatic carbocycles. The molecule has 8 nitrogen and oxygen atoms in total. The summed E-state index contributed by atoms with van der Waals surface area (Å²) >= 11 is 0. The number of piperazine rings is 1. The van der Waals surface area contributed by atoms with Crippen LogP contribution in [-0.2, 0) is 24.8 Å². The van der Waals surface area contributed by atoms with Crippen LogP contribution in [0.2, 0.25) is 0 Å². The van der Waals surface area contributed by atoms with E-state index in [1.54, 1.807) is 21.3 Å². The summed E-state index contributed by atoms with van der Waals surface area (Å²) in [5.41, 5.74) is 4.07. The maximum absolute atomic E-state index is 12.8. The minimum Gasteiger partial charge on any atom is -0.493 e. The topological polar surface area (TPSA) is 69.1 Å². The molecule has 3 rings (SSSR count). The summed E-state index contributed by atoms with van der Waals surface area (Å²) in [6, 6.07) is 3.90. The van der Waals surface area contributed by atoms with E-state index in [4.69, 9.17) is 14.2 Å². The molecular formula is C22H32N4O4. The average Bonchev–Trinajstić information content (AvgIpc) is 2.99. The first-order valence-corrected chi connectivity index (χ1v) is 10.2. The van der Waals surface area contributed by atoms with Gasteiger partial charge in [-0.15, -0.1) is 0 Å². The van der Waals surface area contributed by atoms with E-state index in [1.165, 1.54) is 0 Å². The van der Waals surface area contributed by atoms with E-state index in [-0.39, 0.29) is 5.91 Å². The molecule has 1 fully saturated rings. The fourth-order valence-corrected chi connectivity index (χ4v) is 4.02. The Hall–Kier alpha value is -2.74. The molecule has 30 heavy (non-hydrogen) atoms. The molecule has 0 bridgehead atoms. The Labute approximate surface area is 178 Å². The second kappa shape index (κ2) is 9.38. The van der Waals surface area contributed by atoms with Crippen molar-refractivity contribution in [2.24, 2.45) is 7.05 Å². The molecule has 1 amide bonds. The molecule has 0 saturated carbocycles. The zero-order chi connectivity index (χ0) is 21.8. The van der Waals surface area contributed by atoms with Crippen LogP contribution in [0.4, 0.5) is 0 Å².